The lowest BCUT2D eigenvalue weighted by molar-refractivity contribution is -0.136. The zero-order chi connectivity index (χ0) is 12.8. The second kappa shape index (κ2) is 5.94. The normalized spacial score (nSPS) is 14.3. The Bertz CT molecular complexity index is 342. The van der Waals surface area contributed by atoms with E-state index in [0.29, 0.717) is 6.08 Å². The van der Waals surface area contributed by atoms with E-state index in [4.69, 9.17) is 5.21 Å². The molecular formula is C9H10F3NO3. The minimum atomic E-state index is -4.65. The highest BCUT2D eigenvalue weighted by atomic mass is 19.4. The van der Waals surface area contributed by atoms with Crippen molar-refractivity contribution in [2.75, 3.05) is 7.11 Å². The minimum Gasteiger partial charge on any atom is -0.466 e. The number of rotatable bonds is 3. The molecular weight excluding hydrogens is 227 g/mol. The Labute approximate surface area is 89.7 Å². The van der Waals surface area contributed by atoms with Crippen LogP contribution in [0.25, 0.3) is 0 Å². The van der Waals surface area contributed by atoms with Crippen LogP contribution >= 0.6 is 0 Å². The summed E-state index contributed by atoms with van der Waals surface area (Å²) in [6.45, 7) is 1.30. The van der Waals surface area contributed by atoms with E-state index in [0.717, 1.165) is 13.2 Å². The number of hydrogen-bond donors (Lipinski definition) is 1. The van der Waals surface area contributed by atoms with E-state index in [9.17, 15) is 18.0 Å². The largest absolute Gasteiger partial charge is 0.466 e. The number of alkyl halides is 3. The van der Waals surface area contributed by atoms with Gasteiger partial charge < -0.3 is 9.94 Å². The standard InChI is InChI=1S/C9H10F3NO3/c1-6(8(14)16-2)3-4-7(5-13-15)9(10,11)12/h3-5,15H,1-2H3/b6-3+,7-4+,13-5+. The number of allylic oxidation sites excluding steroid dienone is 3. The van der Waals surface area contributed by atoms with Gasteiger partial charge in [-0.25, -0.2) is 4.79 Å². The molecule has 0 fully saturated rings. The lowest BCUT2D eigenvalue weighted by Gasteiger charge is -2.05. The number of oxime groups is 1. The molecule has 90 valence electrons. The van der Waals surface area contributed by atoms with Crippen LogP contribution in [0, 0.1) is 0 Å². The third-order valence-corrected chi connectivity index (χ3v) is 1.54. The van der Waals surface area contributed by atoms with Crippen LogP contribution in [0.2, 0.25) is 0 Å². The Morgan fingerprint density at radius 2 is 1.94 bits per heavy atom. The van der Waals surface area contributed by atoms with Gasteiger partial charge in [0.25, 0.3) is 0 Å². The first-order valence-corrected chi connectivity index (χ1v) is 4.04. The van der Waals surface area contributed by atoms with E-state index in [1.165, 1.54) is 6.92 Å². The molecule has 0 spiro atoms. The van der Waals surface area contributed by atoms with Crippen molar-refractivity contribution in [3.05, 3.63) is 23.3 Å². The van der Waals surface area contributed by atoms with Gasteiger partial charge in [0.1, 0.15) is 0 Å². The minimum absolute atomic E-state index is 0.00408. The van der Waals surface area contributed by atoms with Gasteiger partial charge in [0.2, 0.25) is 0 Å². The first kappa shape index (κ1) is 14.2. The lowest BCUT2D eigenvalue weighted by atomic mass is 10.2. The zero-order valence-electron chi connectivity index (χ0n) is 8.58. The SMILES string of the molecule is COC(=O)/C(C)=C/C=C(\C=N\O)C(F)(F)F. The van der Waals surface area contributed by atoms with Crippen molar-refractivity contribution in [3.8, 4) is 0 Å². The summed E-state index contributed by atoms with van der Waals surface area (Å²) in [5.74, 6) is -0.737. The molecule has 0 radical (unpaired) electrons. The van der Waals surface area contributed by atoms with Crippen molar-refractivity contribution >= 4 is 12.2 Å². The van der Waals surface area contributed by atoms with Crippen molar-refractivity contribution < 1.29 is 27.9 Å². The van der Waals surface area contributed by atoms with Gasteiger partial charge in [-0.2, -0.15) is 13.2 Å². The Morgan fingerprint density at radius 3 is 2.31 bits per heavy atom. The van der Waals surface area contributed by atoms with Crippen LogP contribution < -0.4 is 0 Å². The van der Waals surface area contributed by atoms with E-state index < -0.39 is 17.7 Å². The molecule has 0 saturated heterocycles. The second-order valence-electron chi connectivity index (χ2n) is 2.71. The summed E-state index contributed by atoms with van der Waals surface area (Å²) in [5.41, 5.74) is -1.19. The Balaban J connectivity index is 5.04. The van der Waals surface area contributed by atoms with E-state index in [1.54, 1.807) is 0 Å². The predicted octanol–water partition coefficient (Wildman–Crippen LogP) is 2.05. The van der Waals surface area contributed by atoms with Crippen molar-refractivity contribution in [2.24, 2.45) is 5.16 Å². The number of nitrogens with zero attached hydrogens (tertiary/aromatic N) is 1. The van der Waals surface area contributed by atoms with E-state index >= 15 is 0 Å². The molecule has 7 heteroatoms. The van der Waals surface area contributed by atoms with Crippen molar-refractivity contribution in [1.29, 1.82) is 0 Å². The molecule has 0 aromatic heterocycles. The van der Waals surface area contributed by atoms with Crippen LogP contribution in [-0.4, -0.2) is 30.7 Å². The predicted molar refractivity (Wildman–Crippen MR) is 50.2 cm³/mol. The highest BCUT2D eigenvalue weighted by Crippen LogP contribution is 2.24. The number of methoxy groups -OCH3 is 1. The quantitative estimate of drug-likeness (QED) is 0.204. The molecule has 0 aromatic rings. The summed E-state index contributed by atoms with van der Waals surface area (Å²) in [4.78, 5) is 10.8. The molecule has 0 aliphatic rings. The van der Waals surface area contributed by atoms with E-state index in [1.807, 2.05) is 0 Å². The van der Waals surface area contributed by atoms with Gasteiger partial charge in [-0.15, -0.1) is 0 Å². The van der Waals surface area contributed by atoms with E-state index in [-0.39, 0.29) is 11.8 Å². The highest BCUT2D eigenvalue weighted by Gasteiger charge is 2.32. The van der Waals surface area contributed by atoms with Crippen LogP contribution in [0.5, 0.6) is 0 Å². The molecule has 0 heterocycles. The van der Waals surface area contributed by atoms with Gasteiger partial charge in [-0.05, 0) is 13.0 Å². The van der Waals surface area contributed by atoms with Gasteiger partial charge >= 0.3 is 12.1 Å². The second-order valence-corrected chi connectivity index (χ2v) is 2.71. The van der Waals surface area contributed by atoms with Crippen molar-refractivity contribution in [2.45, 2.75) is 13.1 Å². The topological polar surface area (TPSA) is 58.9 Å². The maximum Gasteiger partial charge on any atom is 0.418 e. The van der Waals surface area contributed by atoms with Crippen molar-refractivity contribution in [3.63, 3.8) is 0 Å². The first-order valence-electron chi connectivity index (χ1n) is 4.04. The van der Waals surface area contributed by atoms with Crippen LogP contribution in [-0.2, 0) is 9.53 Å². The molecule has 0 aromatic carbocycles. The average Bonchev–Trinajstić information content (AvgIpc) is 2.20. The molecule has 0 bridgehead atoms. The molecule has 0 atom stereocenters. The van der Waals surface area contributed by atoms with Crippen LogP contribution in [0.15, 0.2) is 28.5 Å². The fraction of sp³-hybridized carbons (Fsp3) is 0.333. The van der Waals surface area contributed by atoms with Gasteiger partial charge in [-0.3, -0.25) is 0 Å². The number of ether oxygens (including phenoxy) is 1. The number of carbonyl (C=O) groups is 1. The summed E-state index contributed by atoms with van der Waals surface area (Å²) in [5, 5.41) is 10.3. The van der Waals surface area contributed by atoms with Gasteiger partial charge in [-0.1, -0.05) is 11.2 Å². The number of carbonyl (C=O) groups excluding carboxylic acids is 1. The van der Waals surface area contributed by atoms with E-state index in [2.05, 4.69) is 9.89 Å². The molecule has 0 rings (SSSR count). The summed E-state index contributed by atoms with van der Waals surface area (Å²) in [7, 11) is 1.11. The Morgan fingerprint density at radius 1 is 1.38 bits per heavy atom. The maximum absolute atomic E-state index is 12.2. The fourth-order valence-electron chi connectivity index (χ4n) is 0.717. The molecule has 1 N–H and O–H groups in total. The zero-order valence-corrected chi connectivity index (χ0v) is 8.58. The molecule has 0 aliphatic heterocycles. The molecule has 0 aliphatic carbocycles. The summed E-state index contributed by atoms with van der Waals surface area (Å²) in [6.07, 6.45) is -2.87. The summed E-state index contributed by atoms with van der Waals surface area (Å²) in [6, 6.07) is 0. The molecule has 0 saturated carbocycles. The molecule has 0 unspecified atom stereocenters. The van der Waals surface area contributed by atoms with Crippen LogP contribution in [0.1, 0.15) is 6.92 Å². The van der Waals surface area contributed by atoms with Gasteiger partial charge in [0.15, 0.2) is 0 Å². The van der Waals surface area contributed by atoms with Gasteiger partial charge in [0.05, 0.1) is 18.9 Å². The fourth-order valence-corrected chi connectivity index (χ4v) is 0.717. The monoisotopic (exact) mass is 237 g/mol. The lowest BCUT2D eigenvalue weighted by Crippen LogP contribution is -2.13. The molecule has 16 heavy (non-hydrogen) atoms. The maximum atomic E-state index is 12.2. The average molecular weight is 237 g/mol. The number of hydrogen-bond acceptors (Lipinski definition) is 4. The first-order chi connectivity index (χ1) is 7.32. The molecule has 4 nitrogen and oxygen atoms in total. The summed E-state index contributed by atoms with van der Waals surface area (Å²) >= 11 is 0. The van der Waals surface area contributed by atoms with Crippen molar-refractivity contribution in [1.82, 2.24) is 0 Å². The Kier molecular flexibility index (Phi) is 5.27. The van der Waals surface area contributed by atoms with Crippen LogP contribution in [0.4, 0.5) is 13.2 Å². The number of halogens is 3. The van der Waals surface area contributed by atoms with Crippen LogP contribution in [0.3, 0.4) is 0 Å². The molecule has 0 amide bonds. The third-order valence-electron chi connectivity index (χ3n) is 1.54. The summed E-state index contributed by atoms with van der Waals surface area (Å²) < 4.78 is 41.0. The highest BCUT2D eigenvalue weighted by molar-refractivity contribution is 5.88. The smallest absolute Gasteiger partial charge is 0.418 e. The van der Waals surface area contributed by atoms with Gasteiger partial charge in [0, 0.05) is 5.57 Å². The third kappa shape index (κ3) is 4.63. The number of esters is 1. The Hall–Kier alpha value is -1.79.